The Morgan fingerprint density at radius 3 is 2.36 bits per heavy atom. The molecule has 75 heavy (non-hydrogen) atoms. The predicted molar refractivity (Wildman–Crippen MR) is 264 cm³/mol. The van der Waals surface area contributed by atoms with E-state index < -0.39 is 103 Å². The molecule has 3 atom stereocenters. The lowest BCUT2D eigenvalue weighted by atomic mass is 9.81. The number of carbonyl (C=O) groups excluding carboxylic acids is 9. The van der Waals surface area contributed by atoms with Crippen molar-refractivity contribution in [1.82, 2.24) is 46.4 Å². The van der Waals surface area contributed by atoms with Crippen molar-refractivity contribution < 1.29 is 62.1 Å². The maximum Gasteiger partial charge on any atom is 0.343 e. The number of allylic oxidation sites excluding steroid dienone is 3. The summed E-state index contributed by atoms with van der Waals surface area (Å²) in [4.78, 5) is 133. The van der Waals surface area contributed by atoms with Crippen LogP contribution in [0.4, 0.5) is 4.39 Å². The number of hydrogen-bond donors (Lipinski definition) is 7. The van der Waals surface area contributed by atoms with Crippen molar-refractivity contribution >= 4 is 64.1 Å². The highest BCUT2D eigenvalue weighted by Gasteiger charge is 2.46. The molecule has 0 radical (unpaired) electrons. The molecule has 8 amide bonds. The number of benzene rings is 1. The molecule has 7 N–H and O–H groups in total. The Balaban J connectivity index is 0.803. The number of aliphatic hydroxyl groups is 1. The summed E-state index contributed by atoms with van der Waals surface area (Å²) >= 11 is 0. The number of fused-ring (bicyclic) bond motifs is 5. The quantitative estimate of drug-likeness (QED) is 0.0247. The van der Waals surface area contributed by atoms with Gasteiger partial charge in [-0.2, -0.15) is 0 Å². The van der Waals surface area contributed by atoms with Gasteiger partial charge in [0.15, 0.2) is 5.60 Å². The van der Waals surface area contributed by atoms with E-state index in [0.717, 1.165) is 28.9 Å². The van der Waals surface area contributed by atoms with Crippen LogP contribution < -0.4 is 37.5 Å². The van der Waals surface area contributed by atoms with Crippen LogP contribution in [0.25, 0.3) is 22.3 Å². The number of hydrogen-bond acceptors (Lipinski definition) is 14. The fourth-order valence-corrected chi connectivity index (χ4v) is 9.97. The Labute approximate surface area is 428 Å². The lowest BCUT2D eigenvalue weighted by Gasteiger charge is -2.31. The van der Waals surface area contributed by atoms with E-state index in [4.69, 9.17) is 14.5 Å². The van der Waals surface area contributed by atoms with Crippen molar-refractivity contribution in [2.75, 3.05) is 39.5 Å². The zero-order valence-corrected chi connectivity index (χ0v) is 41.5. The minimum Gasteiger partial charge on any atom is -0.458 e. The van der Waals surface area contributed by atoms with E-state index in [1.807, 2.05) is 18.2 Å². The van der Waals surface area contributed by atoms with Gasteiger partial charge < -0.3 is 51.0 Å². The van der Waals surface area contributed by atoms with Crippen molar-refractivity contribution in [3.8, 4) is 11.4 Å². The highest BCUT2D eigenvalue weighted by Crippen LogP contribution is 2.46. The Morgan fingerprint density at radius 1 is 0.880 bits per heavy atom. The van der Waals surface area contributed by atoms with Gasteiger partial charge >= 0.3 is 5.97 Å². The van der Waals surface area contributed by atoms with Crippen LogP contribution in [0.1, 0.15) is 104 Å². The number of halogens is 1. The molecule has 3 aliphatic heterocycles. The second-order valence-corrected chi connectivity index (χ2v) is 18.9. The molecule has 5 heterocycles. The SMILES string of the molecule is CC[C@@]1(O)C(=O)OCc2c1cc1n(c2=O)Cc2c-1nc1cc(F)c(C)c3c1c2[C@@H](NC(=O)COCNC(=O)CNC(=O)C(CC1=CCCC=C1)NC(=O)CNC(=O)CNC(=O)CCCCCN1C(=O)C=CC1=O)CC3. The molecule has 22 nitrogen and oxygen atoms in total. The molecule has 2 aromatic heterocycles. The molecule has 396 valence electrons. The zero-order chi connectivity index (χ0) is 53.6. The topological polar surface area (TPSA) is 303 Å². The summed E-state index contributed by atoms with van der Waals surface area (Å²) in [5.41, 5.74) is 1.95. The number of aromatic nitrogens is 2. The third-order valence-electron chi connectivity index (χ3n) is 14.0. The normalized spacial score (nSPS) is 18.3. The first-order valence-corrected chi connectivity index (χ1v) is 24.9. The van der Waals surface area contributed by atoms with E-state index in [9.17, 15) is 53.1 Å². The number of ether oxygens (including phenoxy) is 2. The summed E-state index contributed by atoms with van der Waals surface area (Å²) < 4.78 is 27.5. The lowest BCUT2D eigenvalue weighted by molar-refractivity contribution is -0.172. The van der Waals surface area contributed by atoms with Crippen molar-refractivity contribution in [1.29, 1.82) is 0 Å². The molecule has 3 aromatic rings. The monoisotopic (exact) mass is 1040 g/mol. The summed E-state index contributed by atoms with van der Waals surface area (Å²) in [5, 5.41) is 27.4. The van der Waals surface area contributed by atoms with Crippen LogP contribution in [-0.4, -0.2) is 118 Å². The average Bonchev–Trinajstić information content (AvgIpc) is 3.98. The molecule has 0 spiro atoms. The molecule has 0 fully saturated rings. The van der Waals surface area contributed by atoms with Crippen LogP contribution in [0.2, 0.25) is 0 Å². The van der Waals surface area contributed by atoms with Gasteiger partial charge in [0.05, 0.1) is 54.7 Å². The summed E-state index contributed by atoms with van der Waals surface area (Å²) in [6.07, 6.45) is 12.1. The second kappa shape index (κ2) is 23.1. The van der Waals surface area contributed by atoms with Gasteiger partial charge in [-0.3, -0.25) is 48.1 Å². The van der Waals surface area contributed by atoms with E-state index in [0.29, 0.717) is 71.1 Å². The van der Waals surface area contributed by atoms with Gasteiger partial charge in [-0.1, -0.05) is 31.6 Å². The number of aryl methyl sites for hydroxylation is 1. The molecule has 1 unspecified atom stereocenters. The van der Waals surface area contributed by atoms with Gasteiger partial charge in [-0.05, 0) is 80.2 Å². The van der Waals surface area contributed by atoms with Gasteiger partial charge in [-0.15, -0.1) is 0 Å². The molecule has 2 aliphatic carbocycles. The Bertz CT molecular complexity index is 3040. The number of cyclic esters (lactones) is 1. The molecular weight excluding hydrogens is 978 g/mol. The first kappa shape index (κ1) is 53.4. The number of amides is 8. The van der Waals surface area contributed by atoms with Crippen molar-refractivity contribution in [3.05, 3.63) is 97.6 Å². The first-order valence-electron chi connectivity index (χ1n) is 24.9. The minimum absolute atomic E-state index is 0.0486. The molecule has 1 aromatic carbocycles. The van der Waals surface area contributed by atoms with Crippen LogP contribution >= 0.6 is 0 Å². The largest absolute Gasteiger partial charge is 0.458 e. The highest BCUT2D eigenvalue weighted by atomic mass is 19.1. The molecule has 8 rings (SSSR count). The first-order chi connectivity index (χ1) is 36.0. The van der Waals surface area contributed by atoms with E-state index >= 15 is 4.39 Å². The summed E-state index contributed by atoms with van der Waals surface area (Å²) in [6.45, 7) is 0.940. The minimum atomic E-state index is -2.05. The third kappa shape index (κ3) is 11.7. The van der Waals surface area contributed by atoms with Gasteiger partial charge in [-0.25, -0.2) is 14.2 Å². The standard InChI is InChI=1S/C52H58FN9O13/c1-3-52(73)33-19-38-48-31(24-62(38)50(71)32(33)25-75-51(52)72)47-35(14-13-30-28(2)34(53)20-36(60-48)46(30)47)58-43(67)26-74-27-57-41(65)22-56-49(70)37(18-29-10-6-4-7-11-29)59-42(66)23-55-40(64)21-54-39(63)12-8-5-9-17-61-44(68)15-16-45(61)69/h6,10-11,15-16,19-20,35,37,73H,3-5,7-9,12-14,17-18,21-27H2,1-2H3,(H,54,63)(H,55,64)(H,56,70)(H,57,65)(H,58,67)(H,59,66)/t35-,37?,52-/m0/s1. The van der Waals surface area contributed by atoms with Crippen molar-refractivity contribution in [3.63, 3.8) is 0 Å². The summed E-state index contributed by atoms with van der Waals surface area (Å²) in [5.74, 6) is -5.71. The van der Waals surface area contributed by atoms with Gasteiger partial charge in [0, 0.05) is 54.1 Å². The van der Waals surface area contributed by atoms with Crippen molar-refractivity contribution in [2.24, 2.45) is 0 Å². The van der Waals surface area contributed by atoms with Crippen LogP contribution in [-0.2, 0) is 77.8 Å². The van der Waals surface area contributed by atoms with Crippen molar-refractivity contribution in [2.45, 2.75) is 109 Å². The van der Waals surface area contributed by atoms with E-state index in [-0.39, 0.29) is 61.9 Å². The molecular formula is C52H58FN9O13. The Morgan fingerprint density at radius 2 is 1.61 bits per heavy atom. The number of rotatable bonds is 22. The molecule has 0 bridgehead atoms. The number of carbonyl (C=O) groups is 9. The lowest BCUT2D eigenvalue weighted by Crippen LogP contribution is -2.51. The number of nitrogens with zero attached hydrogens (tertiary/aromatic N) is 3. The van der Waals surface area contributed by atoms with Crippen LogP contribution in [0, 0.1) is 12.7 Å². The number of nitrogens with one attached hydrogen (secondary N) is 6. The van der Waals surface area contributed by atoms with Gasteiger partial charge in [0.25, 0.3) is 17.4 Å². The predicted octanol–water partition coefficient (Wildman–Crippen LogP) is 0.706. The van der Waals surface area contributed by atoms with Gasteiger partial charge in [0.2, 0.25) is 35.4 Å². The fraction of sp³-hybridized carbons (Fsp3) is 0.442. The maximum absolute atomic E-state index is 15.4. The van der Waals surface area contributed by atoms with E-state index in [1.165, 1.54) is 22.8 Å². The van der Waals surface area contributed by atoms with Gasteiger partial charge in [0.1, 0.15) is 31.8 Å². The summed E-state index contributed by atoms with van der Waals surface area (Å²) in [7, 11) is 0. The smallest absolute Gasteiger partial charge is 0.343 e. The number of unbranched alkanes of at least 4 members (excludes halogenated alkanes) is 2. The highest BCUT2D eigenvalue weighted by molar-refractivity contribution is 6.12. The second-order valence-electron chi connectivity index (χ2n) is 18.9. The van der Waals surface area contributed by atoms with E-state index in [1.54, 1.807) is 19.9 Å². The third-order valence-corrected chi connectivity index (χ3v) is 14.0. The molecule has 5 aliphatic rings. The van der Waals surface area contributed by atoms with Crippen LogP contribution in [0.15, 0.2) is 52.9 Å². The van der Waals surface area contributed by atoms with E-state index in [2.05, 4.69) is 31.9 Å². The fourth-order valence-electron chi connectivity index (χ4n) is 9.97. The Kier molecular flexibility index (Phi) is 16.4. The maximum atomic E-state index is 15.4. The number of esters is 1. The molecule has 0 saturated heterocycles. The average molecular weight is 1040 g/mol. The van der Waals surface area contributed by atoms with Crippen LogP contribution in [0.3, 0.4) is 0 Å². The Hall–Kier alpha value is -7.92. The van der Waals surface area contributed by atoms with Crippen LogP contribution in [0.5, 0.6) is 0 Å². The molecule has 23 heteroatoms. The number of pyridine rings is 2. The number of imide groups is 1. The zero-order valence-electron chi connectivity index (χ0n) is 41.5. The molecule has 0 saturated carbocycles. The summed E-state index contributed by atoms with van der Waals surface area (Å²) in [6, 6.07) is 1.12.